The molecule has 0 aliphatic heterocycles. The third-order valence-corrected chi connectivity index (χ3v) is 10.4. The van der Waals surface area contributed by atoms with Gasteiger partial charge in [0, 0.05) is 48.1 Å². The van der Waals surface area contributed by atoms with Gasteiger partial charge in [-0.15, -0.1) is 0 Å². The van der Waals surface area contributed by atoms with Crippen LogP contribution in [0.3, 0.4) is 0 Å². The van der Waals surface area contributed by atoms with Gasteiger partial charge in [-0.25, -0.2) is 17.2 Å². The lowest BCUT2D eigenvalue weighted by Crippen LogP contribution is -2.52. The normalized spacial score (nSPS) is 22.1. The van der Waals surface area contributed by atoms with E-state index in [0.717, 1.165) is 24.7 Å². The third-order valence-electron chi connectivity index (χ3n) is 9.64. The molecule has 3 aromatic rings. The number of nitrogens with zero attached hydrogens (tertiary/aromatic N) is 3. The van der Waals surface area contributed by atoms with Gasteiger partial charge in [0.1, 0.15) is 11.4 Å². The molecule has 54 heavy (non-hydrogen) atoms. The minimum atomic E-state index is -4.61. The van der Waals surface area contributed by atoms with Crippen molar-refractivity contribution in [1.82, 2.24) is 25.0 Å². The summed E-state index contributed by atoms with van der Waals surface area (Å²) in [7, 11) is -3.99. The second-order valence-electron chi connectivity index (χ2n) is 14.1. The maximum atomic E-state index is 13.7. The summed E-state index contributed by atoms with van der Waals surface area (Å²) in [6.07, 6.45) is -2.38. The molecule has 2 amide bonds. The summed E-state index contributed by atoms with van der Waals surface area (Å²) in [6.45, 7) is -1.59. The smallest absolute Gasteiger partial charge is 0.422 e. The van der Waals surface area contributed by atoms with Crippen LogP contribution in [0.15, 0.2) is 48.5 Å². The highest BCUT2D eigenvalue weighted by Crippen LogP contribution is 2.64. The number of carbonyl (C=O) groups excluding carboxylic acids is 3. The molecular formula is C35H36ClF5N6O6S. The van der Waals surface area contributed by atoms with E-state index in [1.807, 2.05) is 12.1 Å². The topological polar surface area (TPSA) is 169 Å². The van der Waals surface area contributed by atoms with Crippen molar-refractivity contribution < 1.29 is 49.5 Å². The summed E-state index contributed by atoms with van der Waals surface area (Å²) in [6, 6.07) is 13.1. The van der Waals surface area contributed by atoms with Crippen LogP contribution in [0.1, 0.15) is 78.7 Å². The molecule has 0 radical (unpaired) electrons. The first-order valence-electron chi connectivity index (χ1n) is 17.1. The molecule has 1 unspecified atom stereocenters. The number of halogens is 6. The number of sulfonamides is 1. The monoisotopic (exact) mass is 798 g/mol. The Morgan fingerprint density at radius 2 is 1.57 bits per heavy atom. The molecule has 3 aliphatic rings. The average Bonchev–Trinajstić information content (AvgIpc) is 4.03. The number of amides is 2. The molecule has 12 nitrogen and oxygen atoms in total. The van der Waals surface area contributed by atoms with Crippen LogP contribution in [-0.2, 0) is 31.6 Å². The van der Waals surface area contributed by atoms with Crippen LogP contribution in [0.2, 0.25) is 5.02 Å². The molecule has 3 saturated carbocycles. The van der Waals surface area contributed by atoms with E-state index >= 15 is 0 Å². The van der Waals surface area contributed by atoms with Crippen molar-refractivity contribution in [3.8, 4) is 6.01 Å². The van der Waals surface area contributed by atoms with Crippen LogP contribution < -0.4 is 20.1 Å². The lowest BCUT2D eigenvalue weighted by molar-refractivity contribution is -0.154. The maximum Gasteiger partial charge on any atom is 0.422 e. The van der Waals surface area contributed by atoms with E-state index in [1.54, 1.807) is 41.1 Å². The number of aromatic nitrogens is 3. The summed E-state index contributed by atoms with van der Waals surface area (Å²) in [5, 5.41) is 6.25. The van der Waals surface area contributed by atoms with Gasteiger partial charge in [-0.2, -0.15) is 28.1 Å². The summed E-state index contributed by atoms with van der Waals surface area (Å²) in [5.41, 5.74) is -0.314. The van der Waals surface area contributed by atoms with Gasteiger partial charge in [-0.05, 0) is 55.4 Å². The van der Waals surface area contributed by atoms with Gasteiger partial charge in [0.15, 0.2) is 12.4 Å². The number of nitrogens with one attached hydrogen (secondary N) is 3. The fraction of sp³-hybridized carbons (Fsp3) is 0.486. The highest BCUT2D eigenvalue weighted by molar-refractivity contribution is 7.89. The number of Topliss-reactive ketones (excluding diaryl/α,β-unsaturated/α-hetero) is 1. The number of anilines is 1. The maximum absolute atomic E-state index is 13.7. The number of hydrogen-bond acceptors (Lipinski definition) is 10. The zero-order valence-electron chi connectivity index (χ0n) is 28.8. The van der Waals surface area contributed by atoms with E-state index in [4.69, 9.17) is 16.3 Å². The molecular weight excluding hydrogens is 763 g/mol. The second-order valence-corrected chi connectivity index (χ2v) is 16.3. The van der Waals surface area contributed by atoms with Crippen molar-refractivity contribution in [2.75, 3.05) is 18.2 Å². The number of alkyl halides is 5. The van der Waals surface area contributed by atoms with Crippen molar-refractivity contribution in [1.29, 1.82) is 0 Å². The van der Waals surface area contributed by atoms with E-state index < -0.39 is 75.9 Å². The summed E-state index contributed by atoms with van der Waals surface area (Å²) >= 11 is 6.02. The molecule has 290 valence electrons. The molecule has 0 bridgehead atoms. The van der Waals surface area contributed by atoms with Crippen molar-refractivity contribution in [3.05, 3.63) is 76.1 Å². The number of ketones is 1. The number of hydrogen-bond donors (Lipinski definition) is 3. The van der Waals surface area contributed by atoms with E-state index in [2.05, 4.69) is 25.6 Å². The van der Waals surface area contributed by atoms with Crippen LogP contribution in [0.5, 0.6) is 6.01 Å². The molecule has 0 spiro atoms. The SMILES string of the molecule is CS(=O)(=O)NC(=O)[C@@]1(NC(=O)CCCCC(=O)c2ccc(Cc3nc(NC4(c5ccc(Cl)cc5)CC4)nc(OCC(F)(F)F)n3)cc2)C[C@H]1C1CC1(F)F. The first kappa shape index (κ1) is 39.2. The van der Waals surface area contributed by atoms with Crippen molar-refractivity contribution in [2.24, 2.45) is 11.8 Å². The van der Waals surface area contributed by atoms with Crippen LogP contribution in [0.25, 0.3) is 0 Å². The standard InChI is InChI=1S/C35H36ClF5N6O6S/c1-54(51,52)47-29(50)33(17-24(33)25-18-34(25,37)38)45-28(49)5-3-2-4-26(48)21-8-6-20(7-9-21)16-27-42-30(44-31(43-27)53-19-35(39,40)41)46-32(14-15-32)22-10-12-23(36)13-11-22/h6-13,24-25H,2-5,14-19H2,1H3,(H,45,49)(H,47,50)(H,42,43,44,46)/t24-,25?,33+/m0/s1. The summed E-state index contributed by atoms with van der Waals surface area (Å²) < 4.78 is 96.1. The first-order chi connectivity index (χ1) is 25.3. The van der Waals surface area contributed by atoms with Crippen molar-refractivity contribution in [3.63, 3.8) is 0 Å². The predicted molar refractivity (Wildman–Crippen MR) is 184 cm³/mol. The molecule has 1 heterocycles. The molecule has 3 N–H and O–H groups in total. The van der Waals surface area contributed by atoms with E-state index in [0.29, 0.717) is 22.6 Å². The van der Waals surface area contributed by atoms with Gasteiger partial charge >= 0.3 is 12.2 Å². The van der Waals surface area contributed by atoms with Crippen LogP contribution in [-0.4, -0.2) is 71.5 Å². The molecule has 2 aromatic carbocycles. The van der Waals surface area contributed by atoms with Gasteiger partial charge in [0.25, 0.3) is 11.8 Å². The van der Waals surface area contributed by atoms with Crippen molar-refractivity contribution in [2.45, 2.75) is 81.0 Å². The van der Waals surface area contributed by atoms with E-state index in [1.165, 1.54) is 0 Å². The molecule has 0 saturated heterocycles. The van der Waals surface area contributed by atoms with Crippen LogP contribution in [0, 0.1) is 11.8 Å². The summed E-state index contributed by atoms with van der Waals surface area (Å²) in [5.74, 6) is -6.69. The largest absolute Gasteiger partial charge is 0.454 e. The van der Waals surface area contributed by atoms with Gasteiger partial charge in [0.2, 0.25) is 21.9 Å². The molecule has 6 rings (SSSR count). The molecule has 1 aromatic heterocycles. The highest BCUT2D eigenvalue weighted by Gasteiger charge is 2.74. The molecule has 3 atom stereocenters. The summed E-state index contributed by atoms with van der Waals surface area (Å²) in [4.78, 5) is 50.8. The average molecular weight is 799 g/mol. The Morgan fingerprint density at radius 1 is 0.926 bits per heavy atom. The third kappa shape index (κ3) is 9.80. The van der Waals surface area contributed by atoms with Gasteiger partial charge in [-0.1, -0.05) is 48.0 Å². The number of carbonyl (C=O) groups is 3. The lowest BCUT2D eigenvalue weighted by Gasteiger charge is -2.19. The van der Waals surface area contributed by atoms with Crippen LogP contribution in [0.4, 0.5) is 27.9 Å². The minimum Gasteiger partial charge on any atom is -0.454 e. The number of unbranched alkanes of at least 4 members (excludes halogenated alkanes) is 1. The fourth-order valence-corrected chi connectivity index (χ4v) is 7.17. The zero-order valence-corrected chi connectivity index (χ0v) is 30.4. The Balaban J connectivity index is 1.02. The van der Waals surface area contributed by atoms with Gasteiger partial charge < -0.3 is 15.4 Å². The number of benzene rings is 2. The Kier molecular flexibility index (Phi) is 10.7. The highest BCUT2D eigenvalue weighted by atomic mass is 35.5. The van der Waals surface area contributed by atoms with Crippen molar-refractivity contribution >= 4 is 45.2 Å². The van der Waals surface area contributed by atoms with Gasteiger partial charge in [-0.3, -0.25) is 19.1 Å². The molecule has 19 heteroatoms. The van der Waals surface area contributed by atoms with E-state index in [9.17, 15) is 44.8 Å². The Bertz CT molecular complexity index is 2030. The Hall–Kier alpha value is -4.45. The Labute approximate surface area is 312 Å². The second kappa shape index (κ2) is 14.7. The van der Waals surface area contributed by atoms with Gasteiger partial charge in [0.05, 0.1) is 11.8 Å². The molecule has 3 aliphatic carbocycles. The van der Waals surface area contributed by atoms with Crippen LogP contribution >= 0.6 is 11.6 Å². The fourth-order valence-electron chi connectivity index (χ4n) is 6.52. The first-order valence-corrected chi connectivity index (χ1v) is 19.3. The zero-order chi connectivity index (χ0) is 39.1. The quantitative estimate of drug-likeness (QED) is 0.0900. The Morgan fingerprint density at radius 3 is 2.17 bits per heavy atom. The minimum absolute atomic E-state index is 0.0406. The predicted octanol–water partition coefficient (Wildman–Crippen LogP) is 5.51. The molecule has 3 fully saturated rings. The van der Waals surface area contributed by atoms with E-state index in [-0.39, 0.29) is 49.7 Å². The number of rotatable bonds is 17. The lowest BCUT2D eigenvalue weighted by atomic mass is 10.0. The number of ether oxygens (including phenoxy) is 1.